The molecule has 0 radical (unpaired) electrons. The summed E-state index contributed by atoms with van der Waals surface area (Å²) in [5.74, 6) is -1.62. The number of carbonyl (C=O) groups excluding carboxylic acids is 1. The van der Waals surface area contributed by atoms with Crippen LogP contribution in [0, 0.1) is 6.92 Å². The van der Waals surface area contributed by atoms with Crippen LogP contribution in [0.4, 0.5) is 0 Å². The summed E-state index contributed by atoms with van der Waals surface area (Å²) < 4.78 is 0. The van der Waals surface area contributed by atoms with Gasteiger partial charge in [0.15, 0.2) is 6.04 Å². The summed E-state index contributed by atoms with van der Waals surface area (Å²) in [6.07, 6.45) is 0. The molecule has 108 valence electrons. The van der Waals surface area contributed by atoms with E-state index in [4.69, 9.17) is 11.6 Å². The topological polar surface area (TPSA) is 66.4 Å². The van der Waals surface area contributed by atoms with Crippen LogP contribution in [-0.2, 0) is 4.79 Å². The van der Waals surface area contributed by atoms with Crippen molar-refractivity contribution in [3.8, 4) is 0 Å². The number of carbonyl (C=O) groups is 2. The van der Waals surface area contributed by atoms with E-state index in [1.54, 1.807) is 48.5 Å². The molecule has 1 atom stereocenters. The summed E-state index contributed by atoms with van der Waals surface area (Å²) >= 11 is 6.00. The van der Waals surface area contributed by atoms with Crippen molar-refractivity contribution >= 4 is 23.5 Å². The van der Waals surface area contributed by atoms with E-state index in [-0.39, 0.29) is 0 Å². The van der Waals surface area contributed by atoms with Gasteiger partial charge in [0.1, 0.15) is 0 Å². The fourth-order valence-corrected chi connectivity index (χ4v) is 2.15. The minimum atomic E-state index is -1.19. The van der Waals surface area contributed by atoms with Gasteiger partial charge in [-0.05, 0) is 25.1 Å². The Labute approximate surface area is 127 Å². The summed E-state index contributed by atoms with van der Waals surface area (Å²) in [5, 5.41) is 12.1. The highest BCUT2D eigenvalue weighted by Crippen LogP contribution is 2.23. The average Bonchev–Trinajstić information content (AvgIpc) is 2.46. The minimum absolute atomic E-state index is 0.300. The second kappa shape index (κ2) is 6.41. The number of halogens is 1. The molecule has 0 aliphatic heterocycles. The predicted octanol–water partition coefficient (Wildman–Crippen LogP) is 3.20. The normalized spacial score (nSPS) is 11.7. The molecule has 5 heteroatoms. The number of hydrogen-bond acceptors (Lipinski definition) is 2. The van der Waals surface area contributed by atoms with E-state index < -0.39 is 17.9 Å². The second-order valence-electron chi connectivity index (χ2n) is 4.63. The van der Waals surface area contributed by atoms with Crippen molar-refractivity contribution in [1.29, 1.82) is 0 Å². The molecule has 4 nitrogen and oxygen atoms in total. The van der Waals surface area contributed by atoms with Gasteiger partial charge >= 0.3 is 5.97 Å². The quantitative estimate of drug-likeness (QED) is 0.911. The third kappa shape index (κ3) is 3.61. The zero-order valence-electron chi connectivity index (χ0n) is 11.3. The highest BCUT2D eigenvalue weighted by molar-refractivity contribution is 6.31. The Balaban J connectivity index is 2.25. The number of rotatable bonds is 4. The Morgan fingerprint density at radius 2 is 1.71 bits per heavy atom. The monoisotopic (exact) mass is 303 g/mol. The van der Waals surface area contributed by atoms with Crippen LogP contribution in [0.3, 0.4) is 0 Å². The second-order valence-corrected chi connectivity index (χ2v) is 5.04. The molecule has 0 heterocycles. The highest BCUT2D eigenvalue weighted by Gasteiger charge is 2.24. The molecule has 2 N–H and O–H groups in total. The zero-order valence-corrected chi connectivity index (χ0v) is 12.1. The smallest absolute Gasteiger partial charge is 0.330 e. The van der Waals surface area contributed by atoms with E-state index in [1.165, 1.54) is 0 Å². The standard InChI is InChI=1S/C16H14ClNO3/c1-10-6-8-11(9-7-10)15(19)18-14(16(20)21)12-4-2-3-5-13(12)17/h2-9,14H,1H3,(H,18,19)(H,20,21)/t14-/m1/s1. The highest BCUT2D eigenvalue weighted by atomic mass is 35.5. The Bertz CT molecular complexity index is 667. The Hall–Kier alpha value is -2.33. The number of aliphatic carboxylic acids is 1. The minimum Gasteiger partial charge on any atom is -0.479 e. The van der Waals surface area contributed by atoms with Crippen molar-refractivity contribution in [1.82, 2.24) is 5.32 Å². The van der Waals surface area contributed by atoms with Gasteiger partial charge in [0.2, 0.25) is 0 Å². The fourth-order valence-electron chi connectivity index (χ4n) is 1.90. The Morgan fingerprint density at radius 3 is 2.29 bits per heavy atom. The maximum Gasteiger partial charge on any atom is 0.330 e. The van der Waals surface area contributed by atoms with Crippen LogP contribution < -0.4 is 5.32 Å². The van der Waals surface area contributed by atoms with E-state index in [2.05, 4.69) is 5.32 Å². The van der Waals surface area contributed by atoms with Crippen molar-refractivity contribution in [2.45, 2.75) is 13.0 Å². The molecule has 0 aliphatic rings. The van der Waals surface area contributed by atoms with Crippen LogP contribution in [0.1, 0.15) is 27.5 Å². The van der Waals surface area contributed by atoms with Gasteiger partial charge in [-0.2, -0.15) is 0 Å². The molecule has 0 saturated heterocycles. The molecule has 0 bridgehead atoms. The molecule has 0 unspecified atom stereocenters. The largest absolute Gasteiger partial charge is 0.479 e. The van der Waals surface area contributed by atoms with Gasteiger partial charge in [-0.25, -0.2) is 4.79 Å². The molecule has 2 aromatic carbocycles. The van der Waals surface area contributed by atoms with Gasteiger partial charge in [0, 0.05) is 16.1 Å². The lowest BCUT2D eigenvalue weighted by Crippen LogP contribution is -2.33. The van der Waals surface area contributed by atoms with Crippen LogP contribution >= 0.6 is 11.6 Å². The third-order valence-electron chi connectivity index (χ3n) is 3.05. The lowest BCUT2D eigenvalue weighted by atomic mass is 10.1. The van der Waals surface area contributed by atoms with Crippen LogP contribution in [0.5, 0.6) is 0 Å². The van der Waals surface area contributed by atoms with Crippen molar-refractivity contribution in [3.63, 3.8) is 0 Å². The van der Waals surface area contributed by atoms with Gasteiger partial charge in [0.25, 0.3) is 5.91 Å². The SMILES string of the molecule is Cc1ccc(C(=O)N[C@@H](C(=O)O)c2ccccc2Cl)cc1. The summed E-state index contributed by atoms with van der Waals surface area (Å²) in [5.41, 5.74) is 1.78. The molecule has 0 saturated carbocycles. The van der Waals surface area contributed by atoms with Crippen molar-refractivity contribution in [3.05, 3.63) is 70.2 Å². The molecule has 1 amide bonds. The van der Waals surface area contributed by atoms with Crippen LogP contribution in [0.25, 0.3) is 0 Å². The molecular formula is C16H14ClNO3. The fraction of sp³-hybridized carbons (Fsp3) is 0.125. The number of carboxylic acids is 1. The lowest BCUT2D eigenvalue weighted by Gasteiger charge is -2.16. The van der Waals surface area contributed by atoms with Crippen LogP contribution in [0.15, 0.2) is 48.5 Å². The van der Waals surface area contributed by atoms with E-state index in [0.29, 0.717) is 16.1 Å². The number of benzene rings is 2. The van der Waals surface area contributed by atoms with Crippen molar-refractivity contribution in [2.24, 2.45) is 0 Å². The first-order chi connectivity index (χ1) is 9.99. The van der Waals surface area contributed by atoms with E-state index in [1.807, 2.05) is 6.92 Å². The number of nitrogens with one attached hydrogen (secondary N) is 1. The maximum atomic E-state index is 12.1. The van der Waals surface area contributed by atoms with E-state index >= 15 is 0 Å². The first kappa shape index (κ1) is 15.1. The summed E-state index contributed by atoms with van der Waals surface area (Å²) in [6, 6.07) is 12.2. The Morgan fingerprint density at radius 1 is 1.10 bits per heavy atom. The molecule has 0 aromatic heterocycles. The van der Waals surface area contributed by atoms with Gasteiger partial charge in [-0.3, -0.25) is 4.79 Å². The predicted molar refractivity (Wildman–Crippen MR) is 80.5 cm³/mol. The number of carboxylic acid groups (broad SMARTS) is 1. The summed E-state index contributed by atoms with van der Waals surface area (Å²) in [4.78, 5) is 23.5. The van der Waals surface area contributed by atoms with Crippen LogP contribution in [0.2, 0.25) is 5.02 Å². The molecule has 0 spiro atoms. The molecule has 2 rings (SSSR count). The van der Waals surface area contributed by atoms with Crippen molar-refractivity contribution < 1.29 is 14.7 Å². The first-order valence-electron chi connectivity index (χ1n) is 6.34. The van der Waals surface area contributed by atoms with Gasteiger partial charge < -0.3 is 10.4 Å². The molecule has 0 fully saturated rings. The van der Waals surface area contributed by atoms with Crippen molar-refractivity contribution in [2.75, 3.05) is 0 Å². The molecule has 2 aromatic rings. The first-order valence-corrected chi connectivity index (χ1v) is 6.71. The zero-order chi connectivity index (χ0) is 15.4. The van der Waals surface area contributed by atoms with E-state index in [9.17, 15) is 14.7 Å². The molecule has 21 heavy (non-hydrogen) atoms. The lowest BCUT2D eigenvalue weighted by molar-refractivity contribution is -0.139. The van der Waals surface area contributed by atoms with E-state index in [0.717, 1.165) is 5.56 Å². The Kier molecular flexibility index (Phi) is 4.60. The molecular weight excluding hydrogens is 290 g/mol. The van der Waals surface area contributed by atoms with Gasteiger partial charge in [-0.1, -0.05) is 47.5 Å². The number of hydrogen-bond donors (Lipinski definition) is 2. The van der Waals surface area contributed by atoms with Crippen LogP contribution in [-0.4, -0.2) is 17.0 Å². The number of amides is 1. The molecule has 0 aliphatic carbocycles. The van der Waals surface area contributed by atoms with Gasteiger partial charge in [0.05, 0.1) is 0 Å². The maximum absolute atomic E-state index is 12.1. The summed E-state index contributed by atoms with van der Waals surface area (Å²) in [6.45, 7) is 1.91. The number of aryl methyl sites for hydroxylation is 1. The van der Waals surface area contributed by atoms with Gasteiger partial charge in [-0.15, -0.1) is 0 Å². The average molecular weight is 304 g/mol. The third-order valence-corrected chi connectivity index (χ3v) is 3.40. The summed E-state index contributed by atoms with van der Waals surface area (Å²) in [7, 11) is 0.